The molecule has 0 saturated carbocycles. The summed E-state index contributed by atoms with van der Waals surface area (Å²) in [4.78, 5) is 23.5. The first-order valence-corrected chi connectivity index (χ1v) is 9.41. The lowest BCUT2D eigenvalue weighted by atomic mass is 9.96. The zero-order valence-electron chi connectivity index (χ0n) is 15.6. The summed E-state index contributed by atoms with van der Waals surface area (Å²) < 4.78 is 10.4. The van der Waals surface area contributed by atoms with Crippen LogP contribution in [0.5, 0.6) is 5.75 Å². The Hall–Kier alpha value is -2.87. The number of aryl methyl sites for hydroxylation is 1. The number of hydrogen-bond donors (Lipinski definition) is 1. The molecule has 1 fully saturated rings. The van der Waals surface area contributed by atoms with Gasteiger partial charge in [0.15, 0.2) is 0 Å². The van der Waals surface area contributed by atoms with E-state index in [0.717, 1.165) is 36.3 Å². The van der Waals surface area contributed by atoms with Crippen LogP contribution < -0.4 is 15.0 Å². The second-order valence-electron chi connectivity index (χ2n) is 6.77. The number of halogens is 1. The van der Waals surface area contributed by atoms with E-state index in [-0.39, 0.29) is 11.8 Å². The number of amides is 1. The highest BCUT2D eigenvalue weighted by Gasteiger charge is 2.28. The lowest BCUT2D eigenvalue weighted by Crippen LogP contribution is -2.41. The van der Waals surface area contributed by atoms with Crippen LogP contribution in [0.25, 0.3) is 11.1 Å². The highest BCUT2D eigenvalue weighted by Crippen LogP contribution is 2.31. The molecule has 1 aliphatic heterocycles. The van der Waals surface area contributed by atoms with Crippen molar-refractivity contribution in [2.45, 2.75) is 19.8 Å². The number of carbonyl (C=O) groups excluding carboxylic acids is 1. The molecule has 1 atom stereocenters. The van der Waals surface area contributed by atoms with Gasteiger partial charge in [0.2, 0.25) is 5.91 Å². The Morgan fingerprint density at radius 1 is 1.39 bits per heavy atom. The molecule has 3 heterocycles. The molecule has 3 aromatic rings. The van der Waals surface area contributed by atoms with Gasteiger partial charge < -0.3 is 19.5 Å². The summed E-state index contributed by atoms with van der Waals surface area (Å²) in [5, 5.41) is 8.18. The normalized spacial score (nSPS) is 17.0. The van der Waals surface area contributed by atoms with Crippen LogP contribution in [0.2, 0.25) is 5.02 Å². The number of benzene rings is 1. The first-order chi connectivity index (χ1) is 13.6. The second-order valence-corrected chi connectivity index (χ2v) is 7.18. The molecule has 0 spiro atoms. The van der Waals surface area contributed by atoms with Gasteiger partial charge in [-0.3, -0.25) is 4.79 Å². The van der Waals surface area contributed by atoms with Gasteiger partial charge in [-0.15, -0.1) is 0 Å². The first-order valence-electron chi connectivity index (χ1n) is 9.03. The largest absolute Gasteiger partial charge is 0.495 e. The summed E-state index contributed by atoms with van der Waals surface area (Å²) >= 11 is 6.15. The molecule has 8 nitrogen and oxygen atoms in total. The Bertz CT molecular complexity index is 1020. The minimum Gasteiger partial charge on any atom is -0.495 e. The van der Waals surface area contributed by atoms with Crippen LogP contribution in [-0.4, -0.2) is 41.2 Å². The summed E-state index contributed by atoms with van der Waals surface area (Å²) in [7, 11) is 1.55. The van der Waals surface area contributed by atoms with Crippen molar-refractivity contribution in [3.05, 3.63) is 35.2 Å². The maximum atomic E-state index is 12.8. The van der Waals surface area contributed by atoms with E-state index >= 15 is 0 Å². The molecule has 1 aliphatic rings. The van der Waals surface area contributed by atoms with Crippen molar-refractivity contribution in [1.29, 1.82) is 0 Å². The molecule has 2 aromatic heterocycles. The first kappa shape index (κ1) is 18.5. The fourth-order valence-electron chi connectivity index (χ4n) is 3.52. The van der Waals surface area contributed by atoms with Crippen molar-refractivity contribution in [2.24, 2.45) is 5.92 Å². The van der Waals surface area contributed by atoms with Gasteiger partial charge >= 0.3 is 0 Å². The highest BCUT2D eigenvalue weighted by atomic mass is 35.5. The van der Waals surface area contributed by atoms with Crippen LogP contribution >= 0.6 is 11.6 Å². The summed E-state index contributed by atoms with van der Waals surface area (Å²) in [6.45, 7) is 3.24. The number of methoxy groups -OCH3 is 1. The van der Waals surface area contributed by atoms with Gasteiger partial charge in [-0.05, 0) is 38.0 Å². The molecule has 1 aromatic carbocycles. The minimum atomic E-state index is -0.167. The number of aromatic nitrogens is 3. The van der Waals surface area contributed by atoms with Crippen LogP contribution in [0.3, 0.4) is 0 Å². The van der Waals surface area contributed by atoms with Crippen molar-refractivity contribution in [1.82, 2.24) is 15.1 Å². The Morgan fingerprint density at radius 3 is 3.04 bits per heavy atom. The van der Waals surface area contributed by atoms with Crippen molar-refractivity contribution in [2.75, 3.05) is 30.4 Å². The Labute approximate surface area is 166 Å². The molecule has 0 aliphatic carbocycles. The monoisotopic (exact) mass is 401 g/mol. The third kappa shape index (κ3) is 3.47. The predicted octanol–water partition coefficient (Wildman–Crippen LogP) is 3.44. The van der Waals surface area contributed by atoms with Crippen LogP contribution in [-0.2, 0) is 4.79 Å². The Balaban J connectivity index is 1.51. The summed E-state index contributed by atoms with van der Waals surface area (Å²) in [5.74, 6) is 1.12. The molecule has 28 heavy (non-hydrogen) atoms. The number of nitrogens with zero attached hydrogens (tertiary/aromatic N) is 4. The Morgan fingerprint density at radius 2 is 2.25 bits per heavy atom. The van der Waals surface area contributed by atoms with E-state index in [1.807, 2.05) is 6.92 Å². The number of carbonyl (C=O) groups is 1. The molecule has 4 rings (SSSR count). The van der Waals surface area contributed by atoms with Crippen LogP contribution in [0.15, 0.2) is 29.0 Å². The number of hydrogen-bond acceptors (Lipinski definition) is 7. The quantitative estimate of drug-likeness (QED) is 0.715. The maximum absolute atomic E-state index is 12.8. The highest BCUT2D eigenvalue weighted by molar-refractivity contribution is 6.32. The number of anilines is 2. The molecule has 9 heteroatoms. The Kier molecular flexibility index (Phi) is 5.04. The molecule has 1 N–H and O–H groups in total. The van der Waals surface area contributed by atoms with Crippen molar-refractivity contribution < 1.29 is 14.1 Å². The lowest BCUT2D eigenvalue weighted by Gasteiger charge is -2.33. The molecule has 0 unspecified atom stereocenters. The fraction of sp³-hybridized carbons (Fsp3) is 0.368. The van der Waals surface area contributed by atoms with Gasteiger partial charge in [0.25, 0.3) is 5.71 Å². The van der Waals surface area contributed by atoms with Crippen LogP contribution in [0, 0.1) is 12.8 Å². The number of nitrogens with one attached hydrogen (secondary N) is 1. The third-order valence-electron chi connectivity index (χ3n) is 4.93. The molecule has 146 valence electrons. The maximum Gasteiger partial charge on any atom is 0.263 e. The average Bonchev–Trinajstić information content (AvgIpc) is 3.09. The topological polar surface area (TPSA) is 93.4 Å². The van der Waals surface area contributed by atoms with E-state index < -0.39 is 0 Å². The lowest BCUT2D eigenvalue weighted by molar-refractivity contribution is -0.120. The zero-order chi connectivity index (χ0) is 19.7. The third-order valence-corrected chi connectivity index (χ3v) is 5.23. The van der Waals surface area contributed by atoms with Crippen molar-refractivity contribution >= 4 is 40.1 Å². The summed E-state index contributed by atoms with van der Waals surface area (Å²) in [5.41, 5.74) is 1.85. The van der Waals surface area contributed by atoms with Crippen molar-refractivity contribution in [3.63, 3.8) is 0 Å². The number of ether oxygens (including phenoxy) is 1. The molecule has 1 saturated heterocycles. The second kappa shape index (κ2) is 7.63. The molecular formula is C19H20ClN5O3. The number of piperidine rings is 1. The number of fused-ring (bicyclic) bond motifs is 1. The molecule has 1 amide bonds. The summed E-state index contributed by atoms with van der Waals surface area (Å²) in [6, 6.07) is 5.20. The number of rotatable bonds is 4. The van der Waals surface area contributed by atoms with E-state index in [9.17, 15) is 4.79 Å². The summed E-state index contributed by atoms with van der Waals surface area (Å²) in [6.07, 6.45) is 3.16. The van der Waals surface area contributed by atoms with Crippen LogP contribution in [0.1, 0.15) is 18.5 Å². The van der Waals surface area contributed by atoms with Gasteiger partial charge in [-0.2, -0.15) is 4.98 Å². The van der Waals surface area contributed by atoms with Gasteiger partial charge in [0.05, 0.1) is 23.7 Å². The molecule has 0 bridgehead atoms. The van der Waals surface area contributed by atoms with Gasteiger partial charge in [0.1, 0.15) is 23.3 Å². The standard InChI is InChI=1S/C19H20ClN5O3/c1-11-16-17(21-10-22-19(16)28-24-11)25-7-3-4-12(9-25)18(26)23-13-5-6-15(27-2)14(20)8-13/h5-6,8,10,12H,3-4,7,9H2,1-2H3,(H,23,26)/t12-/m0/s1. The van der Waals surface area contributed by atoms with E-state index in [2.05, 4.69) is 25.3 Å². The van der Waals surface area contributed by atoms with E-state index in [1.54, 1.807) is 25.3 Å². The molecule has 0 radical (unpaired) electrons. The van der Waals surface area contributed by atoms with Crippen LogP contribution in [0.4, 0.5) is 11.5 Å². The predicted molar refractivity (Wildman–Crippen MR) is 106 cm³/mol. The minimum absolute atomic E-state index is 0.0433. The van der Waals surface area contributed by atoms with E-state index in [1.165, 1.54) is 6.33 Å². The van der Waals surface area contributed by atoms with E-state index in [4.69, 9.17) is 20.9 Å². The fourth-order valence-corrected chi connectivity index (χ4v) is 3.77. The van der Waals surface area contributed by atoms with E-state index in [0.29, 0.717) is 28.7 Å². The molecular weight excluding hydrogens is 382 g/mol. The van der Waals surface area contributed by atoms with Gasteiger partial charge in [-0.1, -0.05) is 16.8 Å². The SMILES string of the molecule is COc1ccc(NC(=O)[C@H]2CCCN(c3ncnc4onc(C)c34)C2)cc1Cl. The zero-order valence-corrected chi connectivity index (χ0v) is 16.4. The smallest absolute Gasteiger partial charge is 0.263 e. The van der Waals surface area contributed by atoms with Gasteiger partial charge in [-0.25, -0.2) is 4.98 Å². The van der Waals surface area contributed by atoms with Crippen molar-refractivity contribution in [3.8, 4) is 5.75 Å². The van der Waals surface area contributed by atoms with Gasteiger partial charge in [0, 0.05) is 18.8 Å². The average molecular weight is 402 g/mol.